The van der Waals surface area contributed by atoms with Crippen molar-refractivity contribution in [2.45, 2.75) is 18.9 Å². The van der Waals surface area contributed by atoms with Crippen LogP contribution in [0, 0.1) is 0 Å². The summed E-state index contributed by atoms with van der Waals surface area (Å²) in [5.74, 6) is -0.0829. The van der Waals surface area contributed by atoms with Crippen molar-refractivity contribution < 1.29 is 18.8 Å². The molecule has 8 nitrogen and oxygen atoms in total. The minimum Gasteiger partial charge on any atom is -0.376 e. The summed E-state index contributed by atoms with van der Waals surface area (Å²) in [6.45, 7) is 0.845. The monoisotopic (exact) mass is 378 g/mol. The molecule has 1 fully saturated rings. The van der Waals surface area contributed by atoms with E-state index >= 15 is 0 Å². The second-order valence-electron chi connectivity index (χ2n) is 5.89. The van der Waals surface area contributed by atoms with Gasteiger partial charge < -0.3 is 24.8 Å². The van der Waals surface area contributed by atoms with E-state index < -0.39 is 6.03 Å². The smallest absolute Gasteiger partial charge is 0.322 e. The van der Waals surface area contributed by atoms with Crippen molar-refractivity contribution in [1.82, 2.24) is 10.1 Å². The van der Waals surface area contributed by atoms with Crippen molar-refractivity contribution in [1.29, 1.82) is 0 Å². The molecule has 2 heterocycles. The highest BCUT2D eigenvalue weighted by Crippen LogP contribution is 2.17. The van der Waals surface area contributed by atoms with E-state index in [2.05, 4.69) is 20.3 Å². The van der Waals surface area contributed by atoms with Gasteiger partial charge in [-0.2, -0.15) is 0 Å². The predicted molar refractivity (Wildman–Crippen MR) is 96.2 cm³/mol. The number of ether oxygens (including phenoxy) is 1. The van der Waals surface area contributed by atoms with E-state index in [1.165, 1.54) is 17.2 Å². The molecule has 9 heteroatoms. The molecule has 1 atom stereocenters. The summed E-state index contributed by atoms with van der Waals surface area (Å²) in [4.78, 5) is 26.3. The molecule has 26 heavy (non-hydrogen) atoms. The third-order valence-corrected chi connectivity index (χ3v) is 4.09. The molecule has 2 N–H and O–H groups in total. The Morgan fingerprint density at radius 1 is 1.31 bits per heavy atom. The zero-order valence-corrected chi connectivity index (χ0v) is 14.7. The molecule has 1 saturated heterocycles. The predicted octanol–water partition coefficient (Wildman–Crippen LogP) is 2.98. The van der Waals surface area contributed by atoms with Crippen LogP contribution in [0.3, 0.4) is 0 Å². The topological polar surface area (TPSA) is 96.7 Å². The third-order valence-electron chi connectivity index (χ3n) is 3.85. The van der Waals surface area contributed by atoms with Crippen molar-refractivity contribution in [3.8, 4) is 0 Å². The molecule has 0 spiro atoms. The maximum Gasteiger partial charge on any atom is 0.322 e. The molecule has 2 aromatic rings. The minimum atomic E-state index is -0.405. The first-order chi connectivity index (χ1) is 12.6. The Morgan fingerprint density at radius 2 is 2.19 bits per heavy atom. The molecule has 3 rings (SSSR count). The van der Waals surface area contributed by atoms with Crippen LogP contribution in [0.5, 0.6) is 0 Å². The molecule has 1 aliphatic rings. The van der Waals surface area contributed by atoms with Crippen molar-refractivity contribution in [3.63, 3.8) is 0 Å². The first-order valence-electron chi connectivity index (χ1n) is 8.23. The molecule has 1 aromatic carbocycles. The number of nitrogens with one attached hydrogen (secondary N) is 2. The molecule has 0 bridgehead atoms. The Hall–Kier alpha value is -2.58. The summed E-state index contributed by atoms with van der Waals surface area (Å²) in [7, 11) is 0. The van der Waals surface area contributed by atoms with E-state index in [4.69, 9.17) is 16.3 Å². The van der Waals surface area contributed by atoms with Crippen LogP contribution < -0.4 is 10.6 Å². The third kappa shape index (κ3) is 5.21. The van der Waals surface area contributed by atoms with E-state index in [1.807, 2.05) is 0 Å². The van der Waals surface area contributed by atoms with Gasteiger partial charge in [0.05, 0.1) is 6.10 Å². The number of aromatic nitrogens is 1. The van der Waals surface area contributed by atoms with Crippen molar-refractivity contribution in [2.24, 2.45) is 0 Å². The van der Waals surface area contributed by atoms with Crippen LogP contribution in [0.1, 0.15) is 12.8 Å². The van der Waals surface area contributed by atoms with Gasteiger partial charge in [0.25, 0.3) is 0 Å². The number of hydrogen-bond donors (Lipinski definition) is 2. The zero-order chi connectivity index (χ0) is 18.4. The van der Waals surface area contributed by atoms with Gasteiger partial charge in [-0.15, -0.1) is 0 Å². The normalized spacial score (nSPS) is 16.3. The Balaban J connectivity index is 1.65. The summed E-state index contributed by atoms with van der Waals surface area (Å²) >= 11 is 5.94. The van der Waals surface area contributed by atoms with Crippen LogP contribution in [0.2, 0.25) is 5.02 Å². The number of halogens is 1. The Morgan fingerprint density at radius 3 is 2.88 bits per heavy atom. The average molecular weight is 379 g/mol. The van der Waals surface area contributed by atoms with Crippen molar-refractivity contribution in [2.75, 3.05) is 30.3 Å². The SMILES string of the molecule is O=C(CN(CC1CCCO1)C(=O)Nc1cccc(Cl)c1)Nc1ccon1. The molecule has 1 aromatic heterocycles. The van der Waals surface area contributed by atoms with Gasteiger partial charge in [0.15, 0.2) is 5.82 Å². The number of carbonyl (C=O) groups is 2. The number of benzene rings is 1. The molecule has 1 unspecified atom stereocenters. The van der Waals surface area contributed by atoms with Gasteiger partial charge >= 0.3 is 6.03 Å². The van der Waals surface area contributed by atoms with Gasteiger partial charge in [-0.1, -0.05) is 22.8 Å². The number of carbonyl (C=O) groups excluding carboxylic acids is 2. The highest BCUT2D eigenvalue weighted by Gasteiger charge is 2.24. The van der Waals surface area contributed by atoms with E-state index in [0.717, 1.165) is 12.8 Å². The number of nitrogens with zero attached hydrogens (tertiary/aromatic N) is 2. The second-order valence-corrected chi connectivity index (χ2v) is 6.33. The van der Waals surface area contributed by atoms with Crippen molar-refractivity contribution >= 4 is 35.0 Å². The molecule has 0 radical (unpaired) electrons. The van der Waals surface area contributed by atoms with Gasteiger partial charge in [0, 0.05) is 29.9 Å². The van der Waals surface area contributed by atoms with E-state index in [0.29, 0.717) is 29.7 Å². The number of anilines is 2. The van der Waals surface area contributed by atoms with Crippen LogP contribution in [-0.2, 0) is 9.53 Å². The lowest BCUT2D eigenvalue weighted by Gasteiger charge is -2.25. The largest absolute Gasteiger partial charge is 0.376 e. The lowest BCUT2D eigenvalue weighted by atomic mass is 10.2. The van der Waals surface area contributed by atoms with E-state index in [1.54, 1.807) is 24.3 Å². The molecule has 3 amide bonds. The summed E-state index contributed by atoms with van der Waals surface area (Å²) in [6.07, 6.45) is 3.07. The fraction of sp³-hybridized carbons (Fsp3) is 0.353. The Labute approximate surface area is 155 Å². The number of rotatable bonds is 6. The van der Waals surface area contributed by atoms with Gasteiger partial charge in [-0.25, -0.2) is 4.79 Å². The molecule has 1 aliphatic heterocycles. The fourth-order valence-corrected chi connectivity index (χ4v) is 2.85. The van der Waals surface area contributed by atoms with E-state index in [9.17, 15) is 9.59 Å². The first-order valence-corrected chi connectivity index (χ1v) is 8.61. The lowest BCUT2D eigenvalue weighted by Crippen LogP contribution is -2.44. The summed E-state index contributed by atoms with van der Waals surface area (Å²) in [5, 5.41) is 9.47. The van der Waals surface area contributed by atoms with Crippen LogP contribution in [0.15, 0.2) is 41.1 Å². The number of amides is 3. The summed E-state index contributed by atoms with van der Waals surface area (Å²) in [5.41, 5.74) is 0.553. The molecule has 138 valence electrons. The molecule has 0 saturated carbocycles. The molecular weight excluding hydrogens is 360 g/mol. The van der Waals surface area contributed by atoms with Gasteiger partial charge in [-0.3, -0.25) is 4.79 Å². The summed E-state index contributed by atoms with van der Waals surface area (Å²) in [6, 6.07) is 7.93. The van der Waals surface area contributed by atoms with Crippen LogP contribution in [-0.4, -0.2) is 47.8 Å². The summed E-state index contributed by atoms with van der Waals surface area (Å²) < 4.78 is 10.3. The van der Waals surface area contributed by atoms with Crippen LogP contribution in [0.25, 0.3) is 0 Å². The average Bonchev–Trinajstić information content (AvgIpc) is 3.28. The Bertz CT molecular complexity index is 747. The van der Waals surface area contributed by atoms with Gasteiger partial charge in [0.2, 0.25) is 5.91 Å². The highest BCUT2D eigenvalue weighted by atomic mass is 35.5. The van der Waals surface area contributed by atoms with Crippen molar-refractivity contribution in [3.05, 3.63) is 41.6 Å². The van der Waals surface area contributed by atoms with Crippen LogP contribution in [0.4, 0.5) is 16.3 Å². The lowest BCUT2D eigenvalue weighted by molar-refractivity contribution is -0.117. The molecular formula is C17H19ClN4O4. The molecule has 0 aliphatic carbocycles. The zero-order valence-electron chi connectivity index (χ0n) is 14.0. The van der Waals surface area contributed by atoms with E-state index in [-0.39, 0.29) is 18.6 Å². The van der Waals surface area contributed by atoms with Crippen LogP contribution >= 0.6 is 11.6 Å². The van der Waals surface area contributed by atoms with Gasteiger partial charge in [0.1, 0.15) is 12.8 Å². The highest BCUT2D eigenvalue weighted by molar-refractivity contribution is 6.30. The van der Waals surface area contributed by atoms with Gasteiger partial charge in [-0.05, 0) is 31.0 Å². The maximum absolute atomic E-state index is 12.7. The second kappa shape index (κ2) is 8.68. The maximum atomic E-state index is 12.7. The Kier molecular flexibility index (Phi) is 6.08. The minimum absolute atomic E-state index is 0.0834. The first kappa shape index (κ1) is 18.2. The fourth-order valence-electron chi connectivity index (χ4n) is 2.65. The standard InChI is InChI=1S/C17H19ClN4O4/c18-12-3-1-4-13(9-12)19-17(24)22(10-14-5-2-7-25-14)11-16(23)20-15-6-8-26-21-15/h1,3-4,6,8-9,14H,2,5,7,10-11H2,(H,19,24)(H,20,21,23). The number of hydrogen-bond acceptors (Lipinski definition) is 5. The quantitative estimate of drug-likeness (QED) is 0.805. The number of urea groups is 1.